The van der Waals surface area contributed by atoms with Crippen molar-refractivity contribution in [1.82, 2.24) is 0 Å². The Kier molecular flexibility index (Phi) is 10.2. The van der Waals surface area contributed by atoms with E-state index in [0.29, 0.717) is 16.7 Å². The molecular formula is C28H30O12. The van der Waals surface area contributed by atoms with Gasteiger partial charge in [-0.2, -0.15) is 0 Å². The van der Waals surface area contributed by atoms with Crippen LogP contribution in [0.4, 0.5) is 0 Å². The van der Waals surface area contributed by atoms with Gasteiger partial charge in [0.1, 0.15) is 18.5 Å². The summed E-state index contributed by atoms with van der Waals surface area (Å²) in [5.41, 5.74) is 1.89. The summed E-state index contributed by atoms with van der Waals surface area (Å²) in [7, 11) is 0. The predicted molar refractivity (Wildman–Crippen MR) is 136 cm³/mol. The molecule has 1 N–H and O–H groups in total. The standard InChI is InChI=1S/C28H30O12/c1-15(29)35-14-23-25(36-16(2)30)26(37-17(3)31)27(38-18(4)32)28(40-23)39-22-8-6-5-7-21(22)20-11-9-19(10-12-20)13-24(33)34/h5-12,23,25-28H,13-14H2,1-4H3,(H,33,34)/t23-,25-,26+,27+,28-/m1/s1. The van der Waals surface area contributed by atoms with Gasteiger partial charge in [-0.25, -0.2) is 0 Å². The van der Waals surface area contributed by atoms with Crippen molar-refractivity contribution < 1.29 is 57.5 Å². The number of esters is 4. The van der Waals surface area contributed by atoms with Crippen LogP contribution in [0.3, 0.4) is 0 Å². The number of carbonyl (C=O) groups excluding carboxylic acids is 4. The SMILES string of the molecule is CC(=O)OC[C@H]1O[C@@H](Oc2ccccc2-c2ccc(CC(=O)O)cc2)[C@@H](OC(C)=O)[C@@H](OC(C)=O)[C@@H]1OC(C)=O. The largest absolute Gasteiger partial charge is 0.481 e. The summed E-state index contributed by atoms with van der Waals surface area (Å²) < 4.78 is 33.6. The molecule has 2 aromatic rings. The number of rotatable bonds is 10. The first-order valence-corrected chi connectivity index (χ1v) is 12.3. The second kappa shape index (κ2) is 13.6. The van der Waals surface area contributed by atoms with Crippen molar-refractivity contribution in [1.29, 1.82) is 0 Å². The Labute approximate surface area is 230 Å². The number of carbonyl (C=O) groups is 5. The lowest BCUT2D eigenvalue weighted by Crippen LogP contribution is -2.63. The normalized spacial score (nSPS) is 21.9. The van der Waals surface area contributed by atoms with Crippen molar-refractivity contribution in [2.24, 2.45) is 0 Å². The van der Waals surface area contributed by atoms with Crippen LogP contribution in [-0.4, -0.2) is 72.3 Å². The van der Waals surface area contributed by atoms with E-state index in [4.69, 9.17) is 33.5 Å². The molecule has 0 radical (unpaired) electrons. The van der Waals surface area contributed by atoms with Crippen molar-refractivity contribution in [3.8, 4) is 16.9 Å². The topological polar surface area (TPSA) is 161 Å². The predicted octanol–water partition coefficient (Wildman–Crippen LogP) is 2.44. The number of carboxylic acids is 1. The Balaban J connectivity index is 2.01. The second-order valence-corrected chi connectivity index (χ2v) is 8.95. The quantitative estimate of drug-likeness (QED) is 0.335. The molecule has 1 aliphatic heterocycles. The molecule has 0 aromatic heterocycles. The van der Waals surface area contributed by atoms with Gasteiger partial charge in [0.15, 0.2) is 12.2 Å². The van der Waals surface area contributed by atoms with Crippen LogP contribution in [-0.2, 0) is 54.1 Å². The van der Waals surface area contributed by atoms with Crippen LogP contribution in [0.2, 0.25) is 0 Å². The van der Waals surface area contributed by atoms with Crippen LogP contribution in [0, 0.1) is 0 Å². The number of hydrogen-bond donors (Lipinski definition) is 1. The number of para-hydroxylation sites is 1. The van der Waals surface area contributed by atoms with Crippen LogP contribution in [0.25, 0.3) is 11.1 Å². The lowest BCUT2D eigenvalue weighted by molar-refractivity contribution is -0.288. The number of hydrogen-bond acceptors (Lipinski definition) is 11. The average Bonchev–Trinajstić information content (AvgIpc) is 2.86. The van der Waals surface area contributed by atoms with E-state index in [2.05, 4.69) is 0 Å². The number of aliphatic carboxylic acids is 1. The van der Waals surface area contributed by atoms with E-state index in [9.17, 15) is 24.0 Å². The summed E-state index contributed by atoms with van der Waals surface area (Å²) in [6, 6.07) is 13.7. The fourth-order valence-electron chi connectivity index (χ4n) is 4.19. The van der Waals surface area contributed by atoms with Gasteiger partial charge in [-0.3, -0.25) is 24.0 Å². The molecular weight excluding hydrogens is 528 g/mol. The molecule has 1 fully saturated rings. The third-order valence-electron chi connectivity index (χ3n) is 5.70. The highest BCUT2D eigenvalue weighted by atomic mass is 16.7. The average molecular weight is 559 g/mol. The second-order valence-electron chi connectivity index (χ2n) is 8.95. The Morgan fingerprint density at radius 1 is 0.750 bits per heavy atom. The van der Waals surface area contributed by atoms with E-state index in [1.807, 2.05) is 0 Å². The first-order chi connectivity index (χ1) is 18.9. The highest BCUT2D eigenvalue weighted by Crippen LogP contribution is 2.35. The minimum Gasteiger partial charge on any atom is -0.481 e. The first-order valence-electron chi connectivity index (χ1n) is 12.3. The van der Waals surface area contributed by atoms with E-state index in [1.54, 1.807) is 48.5 Å². The van der Waals surface area contributed by atoms with E-state index in [1.165, 1.54) is 6.92 Å². The maximum absolute atomic E-state index is 12.1. The summed E-state index contributed by atoms with van der Waals surface area (Å²) in [6.07, 6.45) is -6.74. The summed E-state index contributed by atoms with van der Waals surface area (Å²) >= 11 is 0. The van der Waals surface area contributed by atoms with Gasteiger partial charge in [-0.1, -0.05) is 42.5 Å². The maximum Gasteiger partial charge on any atom is 0.307 e. The van der Waals surface area contributed by atoms with E-state index >= 15 is 0 Å². The summed E-state index contributed by atoms with van der Waals surface area (Å²) in [6.45, 7) is 4.20. The van der Waals surface area contributed by atoms with Gasteiger partial charge >= 0.3 is 29.8 Å². The third-order valence-corrected chi connectivity index (χ3v) is 5.70. The van der Waals surface area contributed by atoms with Crippen LogP contribution in [0.15, 0.2) is 48.5 Å². The van der Waals surface area contributed by atoms with Gasteiger partial charge in [0.05, 0.1) is 6.42 Å². The third kappa shape index (κ3) is 8.27. The molecule has 0 spiro atoms. The number of benzene rings is 2. The van der Waals surface area contributed by atoms with Gasteiger partial charge in [-0.15, -0.1) is 0 Å². The zero-order chi connectivity index (χ0) is 29.4. The fourth-order valence-corrected chi connectivity index (χ4v) is 4.19. The summed E-state index contributed by atoms with van der Waals surface area (Å²) in [4.78, 5) is 58.6. The Hall–Kier alpha value is -4.45. The molecule has 1 aliphatic rings. The highest BCUT2D eigenvalue weighted by Gasteiger charge is 2.53. The zero-order valence-electron chi connectivity index (χ0n) is 22.4. The van der Waals surface area contributed by atoms with Gasteiger partial charge in [-0.05, 0) is 17.2 Å². The maximum atomic E-state index is 12.1. The lowest BCUT2D eigenvalue weighted by Gasteiger charge is -2.44. The van der Waals surface area contributed by atoms with E-state index < -0.39 is 60.6 Å². The van der Waals surface area contributed by atoms with Gasteiger partial charge in [0.25, 0.3) is 0 Å². The van der Waals surface area contributed by atoms with Gasteiger partial charge < -0.3 is 33.5 Å². The van der Waals surface area contributed by atoms with Crippen molar-refractivity contribution in [2.45, 2.75) is 64.8 Å². The Bertz CT molecular complexity index is 1240. The Morgan fingerprint density at radius 3 is 1.90 bits per heavy atom. The molecule has 5 atom stereocenters. The first kappa shape index (κ1) is 30.1. The van der Waals surface area contributed by atoms with Gasteiger partial charge in [0.2, 0.25) is 12.4 Å². The molecule has 1 saturated heterocycles. The molecule has 0 saturated carbocycles. The number of carboxylic acid groups (broad SMARTS) is 1. The molecule has 1 heterocycles. The molecule has 0 amide bonds. The molecule has 214 valence electrons. The minimum absolute atomic E-state index is 0.136. The fraction of sp³-hybridized carbons (Fsp3) is 0.393. The summed E-state index contributed by atoms with van der Waals surface area (Å²) in [5, 5.41) is 9.04. The summed E-state index contributed by atoms with van der Waals surface area (Å²) in [5.74, 6) is -3.55. The molecule has 40 heavy (non-hydrogen) atoms. The monoisotopic (exact) mass is 558 g/mol. The van der Waals surface area contributed by atoms with Crippen molar-refractivity contribution in [2.75, 3.05) is 6.61 Å². The smallest absolute Gasteiger partial charge is 0.307 e. The van der Waals surface area contributed by atoms with Crippen molar-refractivity contribution >= 4 is 29.8 Å². The van der Waals surface area contributed by atoms with Gasteiger partial charge in [0, 0.05) is 33.3 Å². The minimum atomic E-state index is -1.40. The van der Waals surface area contributed by atoms with E-state index in [-0.39, 0.29) is 18.8 Å². The van der Waals surface area contributed by atoms with Crippen LogP contribution in [0.1, 0.15) is 33.3 Å². The molecule has 0 bridgehead atoms. The number of ether oxygens (including phenoxy) is 6. The molecule has 0 aliphatic carbocycles. The lowest BCUT2D eigenvalue weighted by atomic mass is 9.97. The zero-order valence-corrected chi connectivity index (χ0v) is 22.4. The van der Waals surface area contributed by atoms with Crippen molar-refractivity contribution in [3.05, 3.63) is 54.1 Å². The molecule has 3 rings (SSSR count). The van der Waals surface area contributed by atoms with Crippen molar-refractivity contribution in [3.63, 3.8) is 0 Å². The molecule has 0 unspecified atom stereocenters. The van der Waals surface area contributed by atoms with Crippen LogP contribution in [0.5, 0.6) is 5.75 Å². The van der Waals surface area contributed by atoms with E-state index in [0.717, 1.165) is 20.8 Å². The molecule has 12 heteroatoms. The highest BCUT2D eigenvalue weighted by molar-refractivity contribution is 5.73. The van der Waals surface area contributed by atoms with Crippen LogP contribution >= 0.6 is 0 Å². The van der Waals surface area contributed by atoms with Crippen LogP contribution < -0.4 is 4.74 Å². The molecule has 2 aromatic carbocycles. The Morgan fingerprint density at radius 2 is 1.32 bits per heavy atom. The molecule has 12 nitrogen and oxygen atoms in total.